The lowest BCUT2D eigenvalue weighted by molar-refractivity contribution is -0.918. The third-order valence-corrected chi connectivity index (χ3v) is 13.9. The second-order valence-corrected chi connectivity index (χ2v) is 22.0. The SMILES string of the molecule is CCCCCCCC/C=C\CCCCCCCC(=O)OC[C@H](COP(=O)([O-])OCC[N+](C)(C)C1CC(C)(C)N(O)C(C)(C)C1)OC(=O)CCCCCCC/C=C\CCCCCCCC. The third-order valence-electron chi connectivity index (χ3n) is 13.0. The Kier molecular flexibility index (Phi) is 33.6. The predicted octanol–water partition coefficient (Wildman–Crippen LogP) is 13.5. The summed E-state index contributed by atoms with van der Waals surface area (Å²) in [6.45, 7) is 12.0. The van der Waals surface area contributed by atoms with Crippen LogP contribution in [-0.2, 0) is 32.7 Å². The Morgan fingerprint density at radius 3 is 1.47 bits per heavy atom. The maximum atomic E-state index is 12.9. The minimum Gasteiger partial charge on any atom is -0.756 e. The van der Waals surface area contributed by atoms with E-state index in [4.69, 9.17) is 18.5 Å². The zero-order chi connectivity index (χ0) is 47.6. The standard InChI is InChI=1S/C52H99N2O9P/c1-9-11-13-15-17-19-21-23-25-27-29-31-33-35-37-39-49(55)60-45-48(63-50(56)40-38-36-34-32-30-28-26-24-22-20-18-16-14-12-10-2)46-62-64(58,59)61-42-41-54(7,8)47-43-51(3,4)53(57)52(5,6)44-47/h23-26,47-48,57H,9-22,27-46H2,1-8H3/b25-23-,26-24-/t48-/m1/s1. The van der Waals surface area contributed by atoms with Gasteiger partial charge in [-0.15, -0.1) is 0 Å². The van der Waals surface area contributed by atoms with Gasteiger partial charge < -0.3 is 33.1 Å². The van der Waals surface area contributed by atoms with Gasteiger partial charge in [0.15, 0.2) is 6.10 Å². The van der Waals surface area contributed by atoms with E-state index in [1.807, 2.05) is 41.8 Å². The number of likely N-dealkylation sites (N-methyl/N-ethyl adjacent to an activating group) is 1. The Morgan fingerprint density at radius 1 is 0.641 bits per heavy atom. The highest BCUT2D eigenvalue weighted by Crippen LogP contribution is 2.41. The molecular weight excluding hydrogens is 828 g/mol. The normalized spacial score (nSPS) is 17.3. The number of unbranched alkanes of at least 4 members (excludes halogenated alkanes) is 22. The molecule has 0 bridgehead atoms. The number of phosphoric acid groups is 1. The number of allylic oxidation sites excluding steroid dienone is 4. The average molecular weight is 927 g/mol. The van der Waals surface area contributed by atoms with Gasteiger partial charge in [0.05, 0.1) is 26.7 Å². The summed E-state index contributed by atoms with van der Waals surface area (Å²) in [7, 11) is -0.689. The van der Waals surface area contributed by atoms with Crippen molar-refractivity contribution in [3.63, 3.8) is 0 Å². The summed E-state index contributed by atoms with van der Waals surface area (Å²) in [5.74, 6) is -0.879. The van der Waals surface area contributed by atoms with Crippen LogP contribution in [0.15, 0.2) is 24.3 Å². The van der Waals surface area contributed by atoms with Crippen molar-refractivity contribution in [2.24, 2.45) is 0 Å². The fourth-order valence-electron chi connectivity index (χ4n) is 8.79. The molecule has 1 rings (SSSR count). The Hall–Kier alpha value is -1.59. The van der Waals surface area contributed by atoms with Gasteiger partial charge in [-0.3, -0.25) is 14.2 Å². The fourth-order valence-corrected chi connectivity index (χ4v) is 9.52. The highest BCUT2D eigenvalue weighted by molar-refractivity contribution is 7.45. The number of carbonyl (C=O) groups excluding carboxylic acids is 2. The van der Waals surface area contributed by atoms with Gasteiger partial charge in [0, 0.05) is 36.8 Å². The first-order valence-electron chi connectivity index (χ1n) is 26.0. The third kappa shape index (κ3) is 30.6. The molecule has 1 aliphatic heterocycles. The van der Waals surface area contributed by atoms with E-state index in [1.165, 1.54) is 88.5 Å². The number of piperidine rings is 1. The van der Waals surface area contributed by atoms with Crippen LogP contribution in [0.2, 0.25) is 0 Å². The first kappa shape index (κ1) is 60.4. The maximum Gasteiger partial charge on any atom is 0.306 e. The van der Waals surface area contributed by atoms with Crippen molar-refractivity contribution in [3.8, 4) is 0 Å². The lowest BCUT2D eigenvalue weighted by atomic mass is 9.77. The molecular formula is C52H99N2O9P. The van der Waals surface area contributed by atoms with E-state index in [9.17, 15) is 24.3 Å². The molecule has 64 heavy (non-hydrogen) atoms. The molecule has 0 aromatic carbocycles. The van der Waals surface area contributed by atoms with E-state index >= 15 is 0 Å². The summed E-state index contributed by atoms with van der Waals surface area (Å²) in [5, 5.41) is 12.2. The summed E-state index contributed by atoms with van der Waals surface area (Å²) < 4.78 is 35.1. The van der Waals surface area contributed by atoms with Crippen LogP contribution in [0, 0.1) is 0 Å². The van der Waals surface area contributed by atoms with Crippen LogP contribution in [0.1, 0.15) is 234 Å². The lowest BCUT2D eigenvalue weighted by Crippen LogP contribution is -2.66. The summed E-state index contributed by atoms with van der Waals surface area (Å²) in [4.78, 5) is 38.5. The molecule has 0 aromatic rings. The largest absolute Gasteiger partial charge is 0.756 e. The second-order valence-electron chi connectivity index (χ2n) is 20.5. The van der Waals surface area contributed by atoms with Crippen molar-refractivity contribution in [1.29, 1.82) is 0 Å². The number of carbonyl (C=O) groups is 2. The molecule has 0 spiro atoms. The number of phosphoric ester groups is 1. The zero-order valence-corrected chi connectivity index (χ0v) is 43.5. The van der Waals surface area contributed by atoms with Crippen molar-refractivity contribution in [2.75, 3.05) is 40.5 Å². The van der Waals surface area contributed by atoms with E-state index in [0.29, 0.717) is 23.9 Å². The molecule has 0 amide bonds. The monoisotopic (exact) mass is 927 g/mol. The van der Waals surface area contributed by atoms with Gasteiger partial charge in [0.2, 0.25) is 0 Å². The van der Waals surface area contributed by atoms with E-state index in [0.717, 1.165) is 83.5 Å². The molecule has 2 atom stereocenters. The topological polar surface area (TPSA) is 135 Å². The lowest BCUT2D eigenvalue weighted by Gasteiger charge is -2.54. The summed E-state index contributed by atoms with van der Waals surface area (Å²) >= 11 is 0. The smallest absolute Gasteiger partial charge is 0.306 e. The molecule has 0 radical (unpaired) electrons. The van der Waals surface area contributed by atoms with Crippen LogP contribution in [0.3, 0.4) is 0 Å². The number of esters is 2. The Morgan fingerprint density at radius 2 is 1.03 bits per heavy atom. The van der Waals surface area contributed by atoms with Crippen molar-refractivity contribution in [1.82, 2.24) is 5.06 Å². The molecule has 12 heteroatoms. The Balaban J connectivity index is 2.53. The molecule has 0 aromatic heterocycles. The molecule has 0 aliphatic carbocycles. The highest BCUT2D eigenvalue weighted by Gasteiger charge is 2.50. The van der Waals surface area contributed by atoms with Gasteiger partial charge >= 0.3 is 11.9 Å². The van der Waals surface area contributed by atoms with Crippen LogP contribution >= 0.6 is 7.82 Å². The minimum absolute atomic E-state index is 0.0984. The number of quaternary nitrogens is 1. The fraction of sp³-hybridized carbons (Fsp3) is 0.885. The highest BCUT2D eigenvalue weighted by atomic mass is 31.2. The van der Waals surface area contributed by atoms with Crippen molar-refractivity contribution in [3.05, 3.63) is 24.3 Å². The molecule has 1 heterocycles. The van der Waals surface area contributed by atoms with Gasteiger partial charge in [-0.05, 0) is 91.9 Å². The average Bonchev–Trinajstić information content (AvgIpc) is 3.23. The first-order valence-corrected chi connectivity index (χ1v) is 27.5. The Labute approximate surface area is 393 Å². The van der Waals surface area contributed by atoms with Gasteiger partial charge in [0.1, 0.15) is 19.8 Å². The summed E-state index contributed by atoms with van der Waals surface area (Å²) in [5.41, 5.74) is -0.882. The number of hydrogen-bond acceptors (Lipinski definition) is 10. The number of hydroxylamine groups is 2. The molecule has 0 saturated carbocycles. The number of ether oxygens (including phenoxy) is 2. The van der Waals surface area contributed by atoms with Crippen LogP contribution in [-0.4, -0.2) is 90.4 Å². The van der Waals surface area contributed by atoms with Crippen LogP contribution in [0.25, 0.3) is 0 Å². The van der Waals surface area contributed by atoms with E-state index in [1.54, 1.807) is 0 Å². The molecule has 1 fully saturated rings. The van der Waals surface area contributed by atoms with Crippen molar-refractivity contribution >= 4 is 19.8 Å². The van der Waals surface area contributed by atoms with E-state index in [-0.39, 0.29) is 32.1 Å². The van der Waals surface area contributed by atoms with E-state index in [2.05, 4.69) is 38.2 Å². The van der Waals surface area contributed by atoms with Crippen LogP contribution in [0.4, 0.5) is 0 Å². The molecule has 1 saturated heterocycles. The van der Waals surface area contributed by atoms with Gasteiger partial charge in [-0.2, -0.15) is 5.06 Å². The molecule has 1 unspecified atom stereocenters. The summed E-state index contributed by atoms with van der Waals surface area (Å²) in [6, 6.07) is 0.163. The number of rotatable bonds is 41. The van der Waals surface area contributed by atoms with Crippen molar-refractivity contribution < 1.29 is 47.3 Å². The van der Waals surface area contributed by atoms with Crippen LogP contribution in [0.5, 0.6) is 0 Å². The zero-order valence-electron chi connectivity index (χ0n) is 42.6. The summed E-state index contributed by atoms with van der Waals surface area (Å²) in [6.07, 6.45) is 40.2. The quantitative estimate of drug-likeness (QED) is 0.0208. The van der Waals surface area contributed by atoms with Gasteiger partial charge in [-0.25, -0.2) is 0 Å². The predicted molar refractivity (Wildman–Crippen MR) is 261 cm³/mol. The maximum absolute atomic E-state index is 12.9. The molecule has 1 N–H and O–H groups in total. The van der Waals surface area contributed by atoms with Gasteiger partial charge in [0.25, 0.3) is 7.82 Å². The molecule has 1 aliphatic rings. The minimum atomic E-state index is -4.77. The second kappa shape index (κ2) is 35.5. The van der Waals surface area contributed by atoms with Crippen LogP contribution < -0.4 is 4.89 Å². The number of nitrogens with zero attached hydrogens (tertiary/aromatic N) is 2. The molecule has 11 nitrogen and oxygen atoms in total. The number of hydrogen-bond donors (Lipinski definition) is 1. The van der Waals surface area contributed by atoms with E-state index < -0.39 is 43.6 Å². The first-order chi connectivity index (χ1) is 30.5. The van der Waals surface area contributed by atoms with Gasteiger partial charge in [-0.1, -0.05) is 141 Å². The Bertz CT molecular complexity index is 1290. The molecule has 376 valence electrons. The van der Waals surface area contributed by atoms with Crippen molar-refractivity contribution in [2.45, 2.75) is 257 Å².